The Labute approximate surface area is 317 Å². The van der Waals surface area contributed by atoms with E-state index in [2.05, 4.69) is 110 Å². The number of unbranched alkanes of at least 4 members (excludes halogenated alkanes) is 2. The molecule has 5 aromatic carbocycles. The maximum Gasteiger partial charge on any atom is 0.294 e. The summed E-state index contributed by atoms with van der Waals surface area (Å²) < 4.78 is 47.4. The average Bonchev–Trinajstić information content (AvgIpc) is 3.18. The van der Waals surface area contributed by atoms with Crippen molar-refractivity contribution in [3.8, 4) is 11.5 Å². The number of rotatable bonds is 20. The second-order valence-electron chi connectivity index (χ2n) is 13.3. The van der Waals surface area contributed by atoms with Crippen LogP contribution in [0.25, 0.3) is 0 Å². The predicted molar refractivity (Wildman–Crippen MR) is 218 cm³/mol. The van der Waals surface area contributed by atoms with Gasteiger partial charge in [0.2, 0.25) is 0 Å². The van der Waals surface area contributed by atoms with Crippen LogP contribution >= 0.6 is 0 Å². The normalized spacial score (nSPS) is 11.4. The molecule has 0 aliphatic heterocycles. The van der Waals surface area contributed by atoms with E-state index in [9.17, 15) is 13.0 Å². The van der Waals surface area contributed by atoms with E-state index in [-0.39, 0.29) is 4.90 Å². The molecule has 280 valence electrons. The Hall–Kier alpha value is -4.79. The molecule has 0 saturated heterocycles. The predicted octanol–water partition coefficient (Wildman–Crippen LogP) is 11.6. The van der Waals surface area contributed by atoms with Crippen molar-refractivity contribution in [2.75, 3.05) is 36.1 Å². The molecule has 7 nitrogen and oxygen atoms in total. The van der Waals surface area contributed by atoms with E-state index in [1.165, 1.54) is 6.07 Å². The fraction of sp³-hybridized carbons (Fsp3) is 0.333. The van der Waals surface area contributed by atoms with Crippen molar-refractivity contribution >= 4 is 32.9 Å². The van der Waals surface area contributed by atoms with Gasteiger partial charge in [-0.15, -0.1) is 0 Å². The molecular formula is C45H54N2O5S. The van der Waals surface area contributed by atoms with Crippen LogP contribution in [0.3, 0.4) is 0 Å². The lowest BCUT2D eigenvalue weighted by atomic mass is 9.85. The van der Waals surface area contributed by atoms with E-state index >= 15 is 0 Å². The summed E-state index contributed by atoms with van der Waals surface area (Å²) in [7, 11) is -4.49. The molecule has 8 heteroatoms. The molecule has 0 unspecified atom stereocenters. The molecule has 0 bridgehead atoms. The molecule has 5 aromatic rings. The molecule has 0 radical (unpaired) electrons. The summed E-state index contributed by atoms with van der Waals surface area (Å²) in [5.74, 6) is 1.27. The molecule has 0 heterocycles. The molecule has 0 saturated carbocycles. The van der Waals surface area contributed by atoms with Crippen molar-refractivity contribution in [3.63, 3.8) is 0 Å². The SMILES string of the molecule is CCCCN(c1ccc(OCCC)cc1)c1ccc(C(c2ccc(N(CCCC)c3ccc(OCCC)cc3)cc2)c2ccccc2S(=O)(=O)O)cc1. The lowest BCUT2D eigenvalue weighted by molar-refractivity contribution is 0.317. The van der Waals surface area contributed by atoms with E-state index in [0.717, 1.165) is 97.0 Å². The molecule has 5 rings (SSSR count). The van der Waals surface area contributed by atoms with Gasteiger partial charge in [-0.3, -0.25) is 4.55 Å². The highest BCUT2D eigenvalue weighted by molar-refractivity contribution is 7.85. The van der Waals surface area contributed by atoms with E-state index in [1.54, 1.807) is 12.1 Å². The van der Waals surface area contributed by atoms with Gasteiger partial charge >= 0.3 is 0 Å². The molecule has 0 aliphatic rings. The summed E-state index contributed by atoms with van der Waals surface area (Å²) in [6.07, 6.45) is 6.09. The van der Waals surface area contributed by atoms with Crippen LogP contribution in [0.2, 0.25) is 0 Å². The third-order valence-corrected chi connectivity index (χ3v) is 10.2. The van der Waals surface area contributed by atoms with E-state index in [1.807, 2.05) is 30.3 Å². The first-order valence-electron chi connectivity index (χ1n) is 19.0. The molecule has 0 spiro atoms. The van der Waals surface area contributed by atoms with E-state index < -0.39 is 16.0 Å². The number of hydrogen-bond acceptors (Lipinski definition) is 6. The van der Waals surface area contributed by atoms with Crippen LogP contribution in [0, 0.1) is 0 Å². The lowest BCUT2D eigenvalue weighted by Gasteiger charge is -2.28. The Kier molecular flexibility index (Phi) is 14.4. The summed E-state index contributed by atoms with van der Waals surface area (Å²) >= 11 is 0. The summed E-state index contributed by atoms with van der Waals surface area (Å²) in [6.45, 7) is 11.6. The summed E-state index contributed by atoms with van der Waals surface area (Å²) in [5.41, 5.74) is 6.60. The topological polar surface area (TPSA) is 79.3 Å². The standard InChI is InChI=1S/C45H54N2O5S/c1-5-9-31-46(39-23-27-41(28-24-39)51-33-7-3)37-19-15-35(16-20-37)45(43-13-11-12-14-44(43)53(48,49)50)36-17-21-38(22-18-36)47(32-10-6-2)40-25-29-42(30-26-40)52-34-8-4/h11-30,45H,5-10,31-34H2,1-4H3,(H,48,49,50). The van der Waals surface area contributed by atoms with Gasteiger partial charge in [-0.1, -0.05) is 83.0 Å². The minimum atomic E-state index is -4.49. The molecule has 0 fully saturated rings. The third kappa shape index (κ3) is 10.4. The van der Waals surface area contributed by atoms with Gasteiger partial charge in [-0.2, -0.15) is 8.42 Å². The summed E-state index contributed by atoms with van der Waals surface area (Å²) in [4.78, 5) is 4.52. The number of nitrogens with zero attached hydrogens (tertiary/aromatic N) is 2. The summed E-state index contributed by atoms with van der Waals surface area (Å²) in [5, 5.41) is 0. The van der Waals surface area contributed by atoms with Crippen molar-refractivity contribution in [2.45, 2.75) is 77.0 Å². The highest BCUT2D eigenvalue weighted by Gasteiger charge is 2.25. The van der Waals surface area contributed by atoms with E-state index in [0.29, 0.717) is 18.8 Å². The first-order chi connectivity index (χ1) is 25.8. The second kappa shape index (κ2) is 19.3. The zero-order chi connectivity index (χ0) is 37.6. The Bertz CT molecular complexity index is 1840. The fourth-order valence-corrected chi connectivity index (χ4v) is 7.26. The third-order valence-electron chi connectivity index (χ3n) is 9.30. The maximum atomic E-state index is 12.7. The van der Waals surface area contributed by atoms with Gasteiger partial charge in [0.15, 0.2) is 0 Å². The van der Waals surface area contributed by atoms with Gasteiger partial charge < -0.3 is 19.3 Å². The molecule has 0 aliphatic carbocycles. The maximum absolute atomic E-state index is 12.7. The van der Waals surface area contributed by atoms with Gasteiger partial charge in [0.05, 0.1) is 18.1 Å². The Morgan fingerprint density at radius 3 is 1.26 bits per heavy atom. The van der Waals surface area contributed by atoms with Gasteiger partial charge in [0, 0.05) is 41.8 Å². The fourth-order valence-electron chi connectivity index (χ4n) is 6.53. The van der Waals surface area contributed by atoms with Crippen molar-refractivity contribution in [3.05, 3.63) is 138 Å². The lowest BCUT2D eigenvalue weighted by Crippen LogP contribution is -2.19. The van der Waals surface area contributed by atoms with Crippen molar-refractivity contribution in [1.29, 1.82) is 0 Å². The molecule has 0 atom stereocenters. The zero-order valence-corrected chi connectivity index (χ0v) is 32.4. The van der Waals surface area contributed by atoms with Crippen molar-refractivity contribution < 1.29 is 22.4 Å². The van der Waals surface area contributed by atoms with Gasteiger partial charge in [0.25, 0.3) is 10.1 Å². The summed E-state index contributed by atoms with van der Waals surface area (Å²) in [6, 6.07) is 39.9. The van der Waals surface area contributed by atoms with Crippen LogP contribution < -0.4 is 19.3 Å². The average molecular weight is 735 g/mol. The number of ether oxygens (including phenoxy) is 2. The number of benzene rings is 5. The quantitative estimate of drug-likeness (QED) is 0.0630. The Morgan fingerprint density at radius 2 is 0.906 bits per heavy atom. The van der Waals surface area contributed by atoms with Crippen LogP contribution in [0.5, 0.6) is 11.5 Å². The van der Waals surface area contributed by atoms with Gasteiger partial charge in [0.1, 0.15) is 11.5 Å². The zero-order valence-electron chi connectivity index (χ0n) is 31.6. The minimum absolute atomic E-state index is 0.0944. The second-order valence-corrected chi connectivity index (χ2v) is 14.7. The highest BCUT2D eigenvalue weighted by Crippen LogP contribution is 2.39. The minimum Gasteiger partial charge on any atom is -0.494 e. The number of hydrogen-bond donors (Lipinski definition) is 1. The van der Waals surface area contributed by atoms with Gasteiger partial charge in [-0.25, -0.2) is 0 Å². The molecule has 0 aromatic heterocycles. The monoisotopic (exact) mass is 734 g/mol. The first-order valence-corrected chi connectivity index (χ1v) is 20.5. The Morgan fingerprint density at radius 1 is 0.528 bits per heavy atom. The van der Waals surface area contributed by atoms with Crippen molar-refractivity contribution in [2.24, 2.45) is 0 Å². The van der Waals surface area contributed by atoms with E-state index in [4.69, 9.17) is 9.47 Å². The van der Waals surface area contributed by atoms with Gasteiger partial charge in [-0.05, 0) is 121 Å². The van der Waals surface area contributed by atoms with Crippen molar-refractivity contribution in [1.82, 2.24) is 0 Å². The molecule has 53 heavy (non-hydrogen) atoms. The van der Waals surface area contributed by atoms with Crippen LogP contribution in [-0.2, 0) is 10.1 Å². The molecule has 1 N–H and O–H groups in total. The first kappa shape index (κ1) is 39.4. The Balaban J connectivity index is 1.52. The van der Waals surface area contributed by atoms with Crippen LogP contribution in [-0.4, -0.2) is 39.3 Å². The molecule has 0 amide bonds. The molecular weight excluding hydrogens is 681 g/mol. The smallest absolute Gasteiger partial charge is 0.294 e. The largest absolute Gasteiger partial charge is 0.494 e. The number of anilines is 4. The van der Waals surface area contributed by atoms with Crippen LogP contribution in [0.4, 0.5) is 22.7 Å². The van der Waals surface area contributed by atoms with Crippen LogP contribution in [0.15, 0.2) is 126 Å². The highest BCUT2D eigenvalue weighted by atomic mass is 32.2. The van der Waals surface area contributed by atoms with Crippen LogP contribution in [0.1, 0.15) is 88.8 Å².